The van der Waals surface area contributed by atoms with E-state index in [1.165, 1.54) is 61.5 Å². The van der Waals surface area contributed by atoms with Gasteiger partial charge in [-0.2, -0.15) is 21.0 Å². The molecule has 0 aliphatic rings. The molecule has 0 aliphatic carbocycles. The van der Waals surface area contributed by atoms with Crippen LogP contribution in [-0.4, -0.2) is 78.8 Å². The SMILES string of the molecule is N#Cc1ccc([N+](=O)[O-])cc1C#N.O=CO[O-].O=P(c1ccccc1)(c1ccccc1)c1cc(O)ccc1O.[2H]CC(C)=O.[C-]#[N+]c1ccc(Oc2ccc(Oc3ccc(C#N)c(C#N)c3)c(P(=O)(c3ccccc3)c3ccccc3)c2)cc1[N+]#[C-].[K+].[K]. The van der Waals surface area contributed by atoms with Gasteiger partial charge in [0, 0.05) is 86.1 Å². The van der Waals surface area contributed by atoms with E-state index in [2.05, 4.69) is 14.6 Å². The molecule has 0 atom stereocenters. The molecule has 0 spiro atoms. The number of hydrogen-bond donors (Lipinski definition) is 2. The van der Waals surface area contributed by atoms with Crippen molar-refractivity contribution in [2.45, 2.75) is 13.8 Å². The van der Waals surface area contributed by atoms with E-state index >= 15 is 4.57 Å². The summed E-state index contributed by atoms with van der Waals surface area (Å²) < 4.78 is 47.9. The first-order valence-electron chi connectivity index (χ1n) is 25.1. The maximum Gasteiger partial charge on any atom is 1.00 e. The average molecular weight is 1240 g/mol. The Morgan fingerprint density at radius 3 is 1.40 bits per heavy atom. The molecule has 0 aromatic heterocycles. The molecule has 0 aliphatic heterocycles. The number of nitro benzene ring substituents is 1. The Morgan fingerprint density at radius 2 is 0.977 bits per heavy atom. The van der Waals surface area contributed by atoms with E-state index in [9.17, 15) is 40.2 Å². The Bertz CT molecular complexity index is 4180. The van der Waals surface area contributed by atoms with Crippen LogP contribution in [0.15, 0.2) is 212 Å². The smallest absolute Gasteiger partial charge is 0.662 e. The molecule has 9 aromatic carbocycles. The van der Waals surface area contributed by atoms with E-state index in [1.54, 1.807) is 91.0 Å². The zero-order valence-corrected chi connectivity index (χ0v) is 54.5. The second-order valence-electron chi connectivity index (χ2n) is 17.0. The van der Waals surface area contributed by atoms with E-state index in [4.69, 9.17) is 44.6 Å². The largest absolute Gasteiger partial charge is 1.00 e. The molecule has 0 amide bonds. The number of carbonyl (C=O) groups is 2. The first-order valence-corrected chi connectivity index (χ1v) is 27.8. The minimum absolute atomic E-state index is 0. The van der Waals surface area contributed by atoms with Gasteiger partial charge in [-0.25, -0.2) is 4.85 Å². The number of Topliss-reactive ketones (excluding diaryl/α,β-unsaturated/α-hetero) is 1. The van der Waals surface area contributed by atoms with Crippen LogP contribution in [0.4, 0.5) is 17.1 Å². The second-order valence-corrected chi connectivity index (χ2v) is 22.4. The molecule has 23 heteroatoms. The average Bonchev–Trinajstić information content (AvgIpc) is 2.35. The fourth-order valence-corrected chi connectivity index (χ4v) is 13.2. The minimum Gasteiger partial charge on any atom is -0.662 e. The first kappa shape index (κ1) is 70.8. The van der Waals surface area contributed by atoms with Gasteiger partial charge in [-0.3, -0.25) is 19.8 Å². The molecule has 419 valence electrons. The quantitative estimate of drug-likeness (QED) is 0.0175. The molecule has 19 nitrogen and oxygen atoms in total. The van der Waals surface area contributed by atoms with Crippen molar-refractivity contribution >= 4 is 127 Å². The number of hydrogen-bond acceptors (Lipinski definition) is 16. The summed E-state index contributed by atoms with van der Waals surface area (Å²) in [7, 11) is -6.81. The van der Waals surface area contributed by atoms with E-state index < -0.39 is 19.2 Å². The van der Waals surface area contributed by atoms with Crippen LogP contribution in [0, 0.1) is 68.6 Å². The Kier molecular flexibility index (Phi) is 29.6. The Hall–Kier alpha value is -8.65. The van der Waals surface area contributed by atoms with Gasteiger partial charge in [0.2, 0.25) is 0 Å². The first-order chi connectivity index (χ1) is 41.5. The molecule has 0 fully saturated rings. The topological polar surface area (TPSA) is 307 Å². The number of nitriles is 4. The van der Waals surface area contributed by atoms with Crippen molar-refractivity contribution in [3.05, 3.63) is 268 Å². The van der Waals surface area contributed by atoms with Gasteiger partial charge >= 0.3 is 51.4 Å². The van der Waals surface area contributed by atoms with Crippen LogP contribution in [-0.2, 0) is 23.6 Å². The minimum atomic E-state index is -3.56. The molecule has 0 saturated carbocycles. The Morgan fingerprint density at radius 1 is 0.575 bits per heavy atom. The third-order valence-corrected chi connectivity index (χ3v) is 17.6. The van der Waals surface area contributed by atoms with Crippen molar-refractivity contribution in [3.8, 4) is 58.8 Å². The van der Waals surface area contributed by atoms with Crippen LogP contribution in [0.3, 0.4) is 0 Å². The van der Waals surface area contributed by atoms with Crippen molar-refractivity contribution in [2.75, 3.05) is 0 Å². The predicted octanol–water partition coefficient (Wildman–Crippen LogP) is 7.48. The standard InChI is InChI=1S/C34H19N4O3P.C18H15O3P.C8H3N3O2.C3H6O.CH2O3.2K/c1-37-31-17-15-27(20-32(31)38-2)40-28-16-18-33(41-26-14-13-24(22-35)25(19-26)23-36)34(21-28)42(39,29-9-5-3-6-10-29)30-11-7-4-8-12-30;19-14-11-12-17(20)18(13-14)22(21,15-7-3-1-4-8-15)16-9-5-2-6-10-16;9-4-6-1-2-8(11(12)13)3-7(6)5-10;1-3(2)4;2-1-4-3;;/h3-21H;1-13,19-20H;1-3H;1-2H3;1,3H;;/q;;;;;;+1/p-1/i;;;1D;;;. The van der Waals surface area contributed by atoms with E-state index in [1.807, 2.05) is 84.9 Å². The van der Waals surface area contributed by atoms with Crippen molar-refractivity contribution < 1.29 is 106 Å². The Balaban J connectivity index is 0.000000365. The third-order valence-electron chi connectivity index (χ3n) is 11.4. The molecule has 0 heterocycles. The second kappa shape index (κ2) is 36.4. The summed E-state index contributed by atoms with van der Waals surface area (Å²) in [6, 6.07) is 65.4. The maximum atomic E-state index is 15.3. The van der Waals surface area contributed by atoms with Gasteiger partial charge in [0.1, 0.15) is 64.6 Å². The number of carbonyl (C=O) groups excluding carboxylic acids is 2. The number of nitro groups is 1. The molecule has 9 rings (SSSR count). The summed E-state index contributed by atoms with van der Waals surface area (Å²) in [6.07, 6.45) is 0. The molecule has 0 unspecified atom stereocenters. The van der Waals surface area contributed by atoms with Crippen molar-refractivity contribution in [1.29, 1.82) is 21.0 Å². The molecule has 1 radical (unpaired) electrons. The summed E-state index contributed by atoms with van der Waals surface area (Å²) in [5.74, 6) is 1.06. The zero-order chi connectivity index (χ0) is 62.7. The predicted molar refractivity (Wildman–Crippen MR) is 322 cm³/mol. The zero-order valence-electron chi connectivity index (χ0n) is 47.5. The number of phenolic OH excluding ortho intramolecular Hbond substituents is 2. The van der Waals surface area contributed by atoms with E-state index in [-0.39, 0.29) is 184 Å². The molecule has 2 N–H and O–H groups in total. The number of benzene rings is 9. The fraction of sp³-hybridized carbons (Fsp3) is 0.0312. The van der Waals surface area contributed by atoms with E-state index in [0.29, 0.717) is 43.8 Å². The van der Waals surface area contributed by atoms with Gasteiger partial charge in [0.25, 0.3) is 12.2 Å². The molecule has 0 saturated heterocycles. The Labute approximate surface area is 587 Å². The summed E-state index contributed by atoms with van der Waals surface area (Å²) >= 11 is 0. The number of ether oxygens (including phenoxy) is 2. The van der Waals surface area contributed by atoms with Gasteiger partial charge in [-0.15, -0.1) is 0 Å². The molecule has 87 heavy (non-hydrogen) atoms. The summed E-state index contributed by atoms with van der Waals surface area (Å²) in [5.41, 5.74) is 0.746. The van der Waals surface area contributed by atoms with Crippen LogP contribution < -0.4 is 97.9 Å². The number of ketones is 1. The van der Waals surface area contributed by atoms with Crippen molar-refractivity contribution in [3.63, 3.8) is 0 Å². The molecular formula is C64H44K2N7O12P2. The third kappa shape index (κ3) is 19.7. The van der Waals surface area contributed by atoms with Crippen LogP contribution >= 0.6 is 14.3 Å². The summed E-state index contributed by atoms with van der Waals surface area (Å²) in [5, 5.41) is 77.5. The van der Waals surface area contributed by atoms with Crippen molar-refractivity contribution in [1.82, 2.24) is 0 Å². The number of phenols is 2. The number of aromatic hydroxyl groups is 2. The molecular weight excluding hydrogens is 1200 g/mol. The van der Waals surface area contributed by atoms with Crippen molar-refractivity contribution in [2.24, 2.45) is 0 Å². The number of rotatable bonds is 12. The van der Waals surface area contributed by atoms with Gasteiger partial charge in [-0.1, -0.05) is 127 Å². The van der Waals surface area contributed by atoms with Crippen LogP contribution in [0.5, 0.6) is 34.5 Å². The molecule has 0 bridgehead atoms. The van der Waals surface area contributed by atoms with E-state index in [0.717, 1.165) is 6.07 Å². The fourth-order valence-electron chi connectivity index (χ4n) is 7.69. The molecule has 9 aromatic rings. The van der Waals surface area contributed by atoms with Crippen LogP contribution in [0.2, 0.25) is 0 Å². The normalized spacial score (nSPS) is 9.82. The van der Waals surface area contributed by atoms with Gasteiger partial charge in [-0.05, 0) is 86.6 Å². The monoisotopic (exact) mass is 1240 g/mol. The van der Waals surface area contributed by atoms with Crippen LogP contribution in [0.1, 0.15) is 37.4 Å². The summed E-state index contributed by atoms with van der Waals surface area (Å²) in [4.78, 5) is 37.3. The maximum absolute atomic E-state index is 15.3. The number of nitrogens with zero attached hydrogens (tertiary/aromatic N) is 7. The number of non-ortho nitro benzene ring substituents is 1. The summed E-state index contributed by atoms with van der Waals surface area (Å²) in [6.45, 7) is 15.8. The van der Waals surface area contributed by atoms with Gasteiger partial charge < -0.3 is 43.8 Å². The van der Waals surface area contributed by atoms with Gasteiger partial charge in [0.15, 0.2) is 25.7 Å². The van der Waals surface area contributed by atoms with Crippen LogP contribution in [0.25, 0.3) is 9.69 Å². The van der Waals surface area contributed by atoms with Gasteiger partial charge in [0.05, 0.1) is 50.9 Å².